The second-order valence-corrected chi connectivity index (χ2v) is 3.30. The van der Waals surface area contributed by atoms with Gasteiger partial charge >= 0.3 is 0 Å². The Labute approximate surface area is 85.8 Å². The molecule has 15 heavy (non-hydrogen) atoms. The minimum Gasteiger partial charge on any atom is -0.383 e. The molecule has 2 aromatic heterocycles. The van der Waals surface area contributed by atoms with Gasteiger partial charge in [0.05, 0.1) is 0 Å². The van der Waals surface area contributed by atoms with Crippen LogP contribution < -0.4 is 5.73 Å². The van der Waals surface area contributed by atoms with Gasteiger partial charge in [0.2, 0.25) is 0 Å². The molecule has 2 heterocycles. The molecule has 0 spiro atoms. The molecule has 0 radical (unpaired) electrons. The Morgan fingerprint density at radius 3 is 2.67 bits per heavy atom. The number of benzene rings is 1. The summed E-state index contributed by atoms with van der Waals surface area (Å²) in [5, 5.41) is 2.92. The lowest BCUT2D eigenvalue weighted by atomic mass is 10.1. The van der Waals surface area contributed by atoms with Gasteiger partial charge in [0.25, 0.3) is 0 Å². The lowest BCUT2D eigenvalue weighted by molar-refractivity contribution is 1.19. The second kappa shape index (κ2) is 2.88. The van der Waals surface area contributed by atoms with Crippen LogP contribution in [0.3, 0.4) is 0 Å². The van der Waals surface area contributed by atoms with Gasteiger partial charge in [0.15, 0.2) is 5.65 Å². The highest BCUT2D eigenvalue weighted by Crippen LogP contribution is 2.25. The van der Waals surface area contributed by atoms with E-state index in [1.54, 1.807) is 6.20 Å². The summed E-state index contributed by atoms with van der Waals surface area (Å²) < 4.78 is 0. The van der Waals surface area contributed by atoms with Crippen molar-refractivity contribution in [3.05, 3.63) is 36.8 Å². The van der Waals surface area contributed by atoms with E-state index in [2.05, 4.69) is 15.0 Å². The first-order chi connectivity index (χ1) is 7.36. The van der Waals surface area contributed by atoms with E-state index in [0.717, 1.165) is 16.2 Å². The number of rotatable bonds is 0. The van der Waals surface area contributed by atoms with Crippen molar-refractivity contribution in [2.75, 3.05) is 5.73 Å². The summed E-state index contributed by atoms with van der Waals surface area (Å²) in [5.74, 6) is 0.511. The van der Waals surface area contributed by atoms with Crippen molar-refractivity contribution in [2.24, 2.45) is 0 Å². The van der Waals surface area contributed by atoms with Gasteiger partial charge in [-0.2, -0.15) is 0 Å². The minimum atomic E-state index is 0.511. The number of anilines is 1. The summed E-state index contributed by atoms with van der Waals surface area (Å²) >= 11 is 0. The van der Waals surface area contributed by atoms with Gasteiger partial charge in [-0.3, -0.25) is 0 Å². The average molecular weight is 196 g/mol. The molecule has 0 atom stereocenters. The predicted octanol–water partition coefficient (Wildman–Crippen LogP) is 1.76. The summed E-state index contributed by atoms with van der Waals surface area (Å²) in [5.41, 5.74) is 6.49. The molecule has 2 N–H and O–H groups in total. The third-order valence-corrected chi connectivity index (χ3v) is 2.41. The van der Waals surface area contributed by atoms with Gasteiger partial charge in [-0.15, -0.1) is 0 Å². The topological polar surface area (TPSA) is 64.7 Å². The zero-order valence-corrected chi connectivity index (χ0v) is 7.88. The number of hydrogen-bond acceptors (Lipinski definition) is 4. The highest BCUT2D eigenvalue weighted by atomic mass is 14.9. The Morgan fingerprint density at radius 1 is 1.00 bits per heavy atom. The number of aromatic nitrogens is 3. The minimum absolute atomic E-state index is 0.511. The van der Waals surface area contributed by atoms with E-state index in [-0.39, 0.29) is 0 Å². The van der Waals surface area contributed by atoms with E-state index in [9.17, 15) is 0 Å². The van der Waals surface area contributed by atoms with Crippen LogP contribution in [0.2, 0.25) is 0 Å². The zero-order valence-electron chi connectivity index (χ0n) is 7.88. The first-order valence-electron chi connectivity index (χ1n) is 4.60. The van der Waals surface area contributed by atoms with Crippen molar-refractivity contribution in [1.29, 1.82) is 0 Å². The van der Waals surface area contributed by atoms with Crippen LogP contribution in [0, 0.1) is 0 Å². The number of hydrogen-bond donors (Lipinski definition) is 1. The molecule has 0 saturated carbocycles. The lowest BCUT2D eigenvalue weighted by Gasteiger charge is -2.03. The SMILES string of the molecule is Nc1nc2ncncc2c2ccccc12. The maximum absolute atomic E-state index is 5.85. The maximum atomic E-state index is 5.85. The normalized spacial score (nSPS) is 10.9. The third-order valence-electron chi connectivity index (χ3n) is 2.41. The van der Waals surface area contributed by atoms with Crippen LogP contribution >= 0.6 is 0 Å². The summed E-state index contributed by atoms with van der Waals surface area (Å²) in [6.07, 6.45) is 3.24. The quantitative estimate of drug-likeness (QED) is 0.556. The van der Waals surface area contributed by atoms with Crippen molar-refractivity contribution in [3.63, 3.8) is 0 Å². The molecule has 4 nitrogen and oxygen atoms in total. The van der Waals surface area contributed by atoms with Crippen LogP contribution in [0.25, 0.3) is 21.8 Å². The molecule has 3 rings (SSSR count). The number of pyridine rings is 1. The molecule has 0 saturated heterocycles. The lowest BCUT2D eigenvalue weighted by Crippen LogP contribution is -1.95. The van der Waals surface area contributed by atoms with E-state index < -0.39 is 0 Å². The van der Waals surface area contributed by atoms with Crippen LogP contribution in [0.4, 0.5) is 5.82 Å². The van der Waals surface area contributed by atoms with Gasteiger partial charge in [0.1, 0.15) is 12.1 Å². The number of nitrogens with two attached hydrogens (primary N) is 1. The van der Waals surface area contributed by atoms with Gasteiger partial charge in [-0.05, 0) is 5.39 Å². The monoisotopic (exact) mass is 196 g/mol. The van der Waals surface area contributed by atoms with Crippen LogP contribution in [0.15, 0.2) is 36.8 Å². The van der Waals surface area contributed by atoms with Gasteiger partial charge in [-0.1, -0.05) is 24.3 Å². The molecule has 1 aromatic carbocycles. The van der Waals surface area contributed by atoms with E-state index in [4.69, 9.17) is 5.73 Å². The number of nitrogens with zero attached hydrogens (tertiary/aromatic N) is 3. The van der Waals surface area contributed by atoms with Crippen molar-refractivity contribution >= 4 is 27.6 Å². The molecule has 0 bridgehead atoms. The molecular formula is C11H8N4. The first-order valence-corrected chi connectivity index (χ1v) is 4.60. The van der Waals surface area contributed by atoms with E-state index in [1.165, 1.54) is 6.33 Å². The van der Waals surface area contributed by atoms with Gasteiger partial charge < -0.3 is 5.73 Å². The standard InChI is InChI=1S/C11H8N4/c12-10-8-4-2-1-3-7(8)9-5-13-6-14-11(9)15-10/h1-6H,(H2,12,13,14,15). The third kappa shape index (κ3) is 1.11. The Bertz CT molecular complexity index is 648. The fourth-order valence-corrected chi connectivity index (χ4v) is 1.72. The van der Waals surface area contributed by atoms with E-state index in [1.807, 2.05) is 24.3 Å². The van der Waals surface area contributed by atoms with E-state index >= 15 is 0 Å². The number of nitrogen functional groups attached to an aromatic ring is 1. The molecule has 0 fully saturated rings. The van der Waals surface area contributed by atoms with Gasteiger partial charge in [-0.25, -0.2) is 15.0 Å². The van der Waals surface area contributed by atoms with Crippen LogP contribution in [0.5, 0.6) is 0 Å². The molecular weight excluding hydrogens is 188 g/mol. The largest absolute Gasteiger partial charge is 0.383 e. The summed E-state index contributed by atoms with van der Waals surface area (Å²) in [6.45, 7) is 0. The van der Waals surface area contributed by atoms with Crippen molar-refractivity contribution < 1.29 is 0 Å². The molecule has 0 aliphatic carbocycles. The van der Waals surface area contributed by atoms with E-state index in [0.29, 0.717) is 11.5 Å². The van der Waals surface area contributed by atoms with Crippen LogP contribution in [-0.4, -0.2) is 15.0 Å². The van der Waals surface area contributed by atoms with Crippen molar-refractivity contribution in [3.8, 4) is 0 Å². The maximum Gasteiger partial charge on any atom is 0.165 e. The smallest absolute Gasteiger partial charge is 0.165 e. The second-order valence-electron chi connectivity index (χ2n) is 3.30. The van der Waals surface area contributed by atoms with Gasteiger partial charge in [0, 0.05) is 17.0 Å². The Morgan fingerprint density at radius 2 is 1.80 bits per heavy atom. The summed E-state index contributed by atoms with van der Waals surface area (Å²) in [6, 6.07) is 7.85. The average Bonchev–Trinajstić information content (AvgIpc) is 2.30. The van der Waals surface area contributed by atoms with Crippen molar-refractivity contribution in [2.45, 2.75) is 0 Å². The molecule has 3 aromatic rings. The Hall–Kier alpha value is -2.23. The summed E-state index contributed by atoms with van der Waals surface area (Å²) in [4.78, 5) is 12.3. The van der Waals surface area contributed by atoms with Crippen LogP contribution in [0.1, 0.15) is 0 Å². The Kier molecular flexibility index (Phi) is 1.56. The predicted molar refractivity (Wildman–Crippen MR) is 59.3 cm³/mol. The fourth-order valence-electron chi connectivity index (χ4n) is 1.72. The number of fused-ring (bicyclic) bond motifs is 3. The molecule has 0 amide bonds. The molecule has 4 heteroatoms. The molecule has 72 valence electrons. The zero-order chi connectivity index (χ0) is 10.3. The molecule has 0 aliphatic rings. The highest BCUT2D eigenvalue weighted by molar-refractivity contribution is 6.08. The summed E-state index contributed by atoms with van der Waals surface area (Å²) in [7, 11) is 0. The fraction of sp³-hybridized carbons (Fsp3) is 0. The van der Waals surface area contributed by atoms with Crippen LogP contribution in [-0.2, 0) is 0 Å². The van der Waals surface area contributed by atoms with Crippen molar-refractivity contribution in [1.82, 2.24) is 15.0 Å². The Balaban J connectivity index is 2.64. The molecule has 0 aliphatic heterocycles. The first kappa shape index (κ1) is 8.11. The molecule has 0 unspecified atom stereocenters. The highest BCUT2D eigenvalue weighted by Gasteiger charge is 2.05.